The predicted molar refractivity (Wildman–Crippen MR) is 125 cm³/mol. The minimum Gasteiger partial charge on any atom is -0.319 e. The maximum absolute atomic E-state index is 12.9. The average Bonchev–Trinajstić information content (AvgIpc) is 3.25. The first-order valence-electron chi connectivity index (χ1n) is 10.1. The van der Waals surface area contributed by atoms with E-state index in [4.69, 9.17) is 0 Å². The zero-order chi connectivity index (χ0) is 22.7. The molecule has 4 aromatic rings. The van der Waals surface area contributed by atoms with Gasteiger partial charge in [-0.25, -0.2) is 4.68 Å². The van der Waals surface area contributed by atoms with E-state index in [9.17, 15) is 9.59 Å². The van der Waals surface area contributed by atoms with Crippen molar-refractivity contribution in [2.75, 3.05) is 11.1 Å². The Kier molecular flexibility index (Phi) is 6.27. The van der Waals surface area contributed by atoms with Gasteiger partial charge in [0.2, 0.25) is 5.91 Å². The highest BCUT2D eigenvalue weighted by Crippen LogP contribution is 2.19. The lowest BCUT2D eigenvalue weighted by atomic mass is 10.1. The topological polar surface area (TPSA) is 86.7 Å². The molecular weight excluding hydrogens is 424 g/mol. The summed E-state index contributed by atoms with van der Waals surface area (Å²) in [6, 6.07) is 19.4. The number of para-hydroxylation sites is 1. The van der Waals surface area contributed by atoms with Crippen LogP contribution in [0.1, 0.15) is 17.1 Å². The first-order valence-corrected chi connectivity index (χ1v) is 11.1. The molecule has 1 N–H and O–H groups in total. The molecule has 4 rings (SSSR count). The number of anilines is 1. The van der Waals surface area contributed by atoms with Crippen molar-refractivity contribution in [1.29, 1.82) is 0 Å². The molecule has 32 heavy (non-hydrogen) atoms. The summed E-state index contributed by atoms with van der Waals surface area (Å²) in [7, 11) is 3.68. The van der Waals surface area contributed by atoms with E-state index in [1.54, 1.807) is 11.7 Å². The first-order chi connectivity index (χ1) is 15.5. The van der Waals surface area contributed by atoms with Crippen LogP contribution in [0.15, 0.2) is 70.6 Å². The van der Waals surface area contributed by atoms with Crippen molar-refractivity contribution in [1.82, 2.24) is 24.1 Å². The number of carbonyl (C=O) groups is 1. The molecule has 0 saturated heterocycles. The van der Waals surface area contributed by atoms with Crippen molar-refractivity contribution >= 4 is 23.4 Å². The van der Waals surface area contributed by atoms with Gasteiger partial charge < -0.3 is 9.88 Å². The highest BCUT2D eigenvalue weighted by molar-refractivity contribution is 7.99. The van der Waals surface area contributed by atoms with Gasteiger partial charge in [0.15, 0.2) is 5.16 Å². The lowest BCUT2D eigenvalue weighted by Crippen LogP contribution is -2.23. The van der Waals surface area contributed by atoms with Crippen LogP contribution in [-0.4, -0.2) is 35.8 Å². The minimum atomic E-state index is -0.270. The van der Waals surface area contributed by atoms with Gasteiger partial charge >= 0.3 is 0 Å². The Morgan fingerprint density at radius 3 is 2.34 bits per heavy atom. The van der Waals surface area contributed by atoms with Crippen molar-refractivity contribution in [3.05, 3.63) is 88.1 Å². The molecule has 0 aliphatic carbocycles. The van der Waals surface area contributed by atoms with Crippen LogP contribution in [0, 0.1) is 6.92 Å². The van der Waals surface area contributed by atoms with Gasteiger partial charge in [-0.05, 0) is 24.6 Å². The third-order valence-corrected chi connectivity index (χ3v) is 6.30. The molecule has 0 saturated carbocycles. The van der Waals surface area contributed by atoms with Crippen molar-refractivity contribution in [3.8, 4) is 5.69 Å². The molecule has 0 spiro atoms. The molecule has 0 fully saturated rings. The number of rotatable bonds is 7. The summed E-state index contributed by atoms with van der Waals surface area (Å²) in [5.41, 5.74) is 2.58. The summed E-state index contributed by atoms with van der Waals surface area (Å²) in [6.45, 7) is 1.81. The zero-order valence-corrected chi connectivity index (χ0v) is 19.0. The molecule has 0 atom stereocenters. The van der Waals surface area contributed by atoms with Crippen LogP contribution in [0.4, 0.5) is 5.69 Å². The summed E-state index contributed by atoms with van der Waals surface area (Å²) in [5, 5.41) is 11.9. The fourth-order valence-electron chi connectivity index (χ4n) is 3.42. The predicted octanol–water partition coefficient (Wildman–Crippen LogP) is 2.93. The molecule has 0 radical (unpaired) electrons. The van der Waals surface area contributed by atoms with Crippen molar-refractivity contribution in [2.45, 2.75) is 18.5 Å². The molecule has 9 heteroatoms. The van der Waals surface area contributed by atoms with Crippen LogP contribution in [0.25, 0.3) is 5.69 Å². The maximum atomic E-state index is 12.9. The van der Waals surface area contributed by atoms with Crippen molar-refractivity contribution in [3.63, 3.8) is 0 Å². The molecule has 0 unspecified atom stereocenters. The molecule has 1 amide bonds. The quantitative estimate of drug-likeness (QED) is 0.439. The Labute approximate surface area is 189 Å². The summed E-state index contributed by atoms with van der Waals surface area (Å²) >= 11 is 1.29. The minimum absolute atomic E-state index is 0.121. The Bertz CT molecular complexity index is 1290. The summed E-state index contributed by atoms with van der Waals surface area (Å²) in [6.07, 6.45) is 0.666. The van der Waals surface area contributed by atoms with Crippen LogP contribution >= 0.6 is 11.8 Å². The maximum Gasteiger partial charge on any atom is 0.295 e. The van der Waals surface area contributed by atoms with Crippen molar-refractivity contribution in [2.24, 2.45) is 14.1 Å². The van der Waals surface area contributed by atoms with E-state index >= 15 is 0 Å². The number of aromatic nitrogens is 5. The molecule has 8 nitrogen and oxygen atoms in total. The molecule has 0 aliphatic rings. The lowest BCUT2D eigenvalue weighted by Gasteiger charge is -2.07. The van der Waals surface area contributed by atoms with Gasteiger partial charge in [0.25, 0.3) is 5.56 Å². The Hall–Kier alpha value is -3.59. The summed E-state index contributed by atoms with van der Waals surface area (Å²) in [5.74, 6) is 0.675. The summed E-state index contributed by atoms with van der Waals surface area (Å²) < 4.78 is 5.16. The SMILES string of the molecule is Cc1c(NC(=O)CSc2nnc(Cc3ccccc3)n2C)c(=O)n(-c2ccccc2)n1C. The van der Waals surface area contributed by atoms with E-state index in [0.29, 0.717) is 17.3 Å². The Balaban J connectivity index is 1.44. The third-order valence-electron chi connectivity index (χ3n) is 5.28. The molecule has 2 aromatic carbocycles. The Morgan fingerprint density at radius 1 is 1.00 bits per heavy atom. The van der Waals surface area contributed by atoms with E-state index in [2.05, 4.69) is 15.5 Å². The van der Waals surface area contributed by atoms with E-state index in [0.717, 1.165) is 17.1 Å². The van der Waals surface area contributed by atoms with E-state index < -0.39 is 0 Å². The van der Waals surface area contributed by atoms with E-state index in [1.807, 2.05) is 79.2 Å². The van der Waals surface area contributed by atoms with Crippen LogP contribution in [0.2, 0.25) is 0 Å². The molecule has 0 bridgehead atoms. The van der Waals surface area contributed by atoms with Gasteiger partial charge in [-0.3, -0.25) is 14.3 Å². The Morgan fingerprint density at radius 2 is 1.66 bits per heavy atom. The van der Waals surface area contributed by atoms with Crippen LogP contribution in [-0.2, 0) is 25.3 Å². The second kappa shape index (κ2) is 9.27. The third kappa shape index (κ3) is 4.38. The molecule has 164 valence electrons. The van der Waals surface area contributed by atoms with Gasteiger partial charge in [0, 0.05) is 20.5 Å². The number of nitrogens with one attached hydrogen (secondary N) is 1. The number of thioether (sulfide) groups is 1. The number of hydrogen-bond donors (Lipinski definition) is 1. The molecule has 2 heterocycles. The fourth-order valence-corrected chi connectivity index (χ4v) is 4.15. The number of benzene rings is 2. The van der Waals surface area contributed by atoms with Crippen LogP contribution in [0.3, 0.4) is 0 Å². The van der Waals surface area contributed by atoms with E-state index in [1.165, 1.54) is 16.4 Å². The molecule has 0 aliphatic heterocycles. The number of nitrogens with zero attached hydrogens (tertiary/aromatic N) is 5. The van der Waals surface area contributed by atoms with Gasteiger partial charge in [0.05, 0.1) is 17.1 Å². The monoisotopic (exact) mass is 448 g/mol. The van der Waals surface area contributed by atoms with Gasteiger partial charge in [0.1, 0.15) is 11.5 Å². The highest BCUT2D eigenvalue weighted by atomic mass is 32.2. The second-order valence-corrected chi connectivity index (χ2v) is 8.34. The highest BCUT2D eigenvalue weighted by Gasteiger charge is 2.19. The van der Waals surface area contributed by atoms with Crippen LogP contribution < -0.4 is 10.9 Å². The second-order valence-electron chi connectivity index (χ2n) is 7.39. The fraction of sp³-hybridized carbons (Fsp3) is 0.217. The zero-order valence-electron chi connectivity index (χ0n) is 18.1. The van der Waals surface area contributed by atoms with Crippen LogP contribution in [0.5, 0.6) is 0 Å². The van der Waals surface area contributed by atoms with Gasteiger partial charge in [-0.1, -0.05) is 60.3 Å². The van der Waals surface area contributed by atoms with Crippen molar-refractivity contribution < 1.29 is 4.79 Å². The number of carbonyl (C=O) groups excluding carboxylic acids is 1. The van der Waals surface area contributed by atoms with Gasteiger partial charge in [-0.15, -0.1) is 10.2 Å². The average molecular weight is 449 g/mol. The normalized spacial score (nSPS) is 11.0. The number of amides is 1. The number of hydrogen-bond acceptors (Lipinski definition) is 5. The standard InChI is InChI=1S/C23H24N6O2S/c1-16-21(22(31)29(28(16)3)18-12-8-5-9-13-18)24-20(30)15-32-23-26-25-19(27(23)2)14-17-10-6-4-7-11-17/h4-13H,14-15H2,1-3H3,(H,24,30). The summed E-state index contributed by atoms with van der Waals surface area (Å²) in [4.78, 5) is 25.6. The molecular formula is C23H24N6O2S. The first kappa shape index (κ1) is 21.6. The van der Waals surface area contributed by atoms with Gasteiger partial charge in [-0.2, -0.15) is 0 Å². The largest absolute Gasteiger partial charge is 0.319 e. The smallest absolute Gasteiger partial charge is 0.295 e. The molecule has 2 aromatic heterocycles. The lowest BCUT2D eigenvalue weighted by molar-refractivity contribution is -0.113. The van der Waals surface area contributed by atoms with E-state index in [-0.39, 0.29) is 22.9 Å².